The van der Waals surface area contributed by atoms with Gasteiger partial charge in [0.05, 0.1) is 5.69 Å². The summed E-state index contributed by atoms with van der Waals surface area (Å²) in [6.45, 7) is 3.77. The zero-order valence-corrected chi connectivity index (χ0v) is 13.3. The molecule has 1 fully saturated rings. The lowest BCUT2D eigenvalue weighted by Crippen LogP contribution is -2.52. The summed E-state index contributed by atoms with van der Waals surface area (Å²) in [4.78, 5) is 2.33. The van der Waals surface area contributed by atoms with Crippen LogP contribution in [0.1, 0.15) is 13.3 Å². The van der Waals surface area contributed by atoms with E-state index in [2.05, 4.69) is 11.8 Å². The van der Waals surface area contributed by atoms with Crippen molar-refractivity contribution in [3.05, 3.63) is 23.2 Å². The second-order valence-corrected chi connectivity index (χ2v) is 7.43. The Morgan fingerprint density at radius 1 is 1.40 bits per heavy atom. The smallest absolute Gasteiger partial charge is 0.245 e. The lowest BCUT2D eigenvalue weighted by molar-refractivity contribution is 0.144. The van der Waals surface area contributed by atoms with Gasteiger partial charge in [0.25, 0.3) is 0 Å². The van der Waals surface area contributed by atoms with Gasteiger partial charge in [0, 0.05) is 30.7 Å². The van der Waals surface area contributed by atoms with Crippen molar-refractivity contribution in [2.45, 2.75) is 24.3 Å². The molecule has 1 heterocycles. The maximum Gasteiger partial charge on any atom is 0.245 e. The number of rotatable bonds is 3. The molecule has 2 rings (SSSR count). The molecule has 1 atom stereocenters. The highest BCUT2D eigenvalue weighted by molar-refractivity contribution is 7.89. The van der Waals surface area contributed by atoms with Crippen LogP contribution in [0.5, 0.6) is 0 Å². The standard InChI is InChI=1S/C13H20ClN3O2S/c1-3-11-9-17(7-6-16(11)2)20(18,19)13-5-4-10(14)8-12(13)15/h4-5,8,11H,3,6-7,9,15H2,1-2H3. The van der Waals surface area contributed by atoms with Crippen LogP contribution in [0.2, 0.25) is 5.02 Å². The van der Waals surface area contributed by atoms with Gasteiger partial charge in [-0.3, -0.25) is 0 Å². The Balaban J connectivity index is 2.31. The summed E-state index contributed by atoms with van der Waals surface area (Å²) in [6, 6.07) is 4.75. The van der Waals surface area contributed by atoms with Crippen LogP contribution in [0.4, 0.5) is 5.69 Å². The van der Waals surface area contributed by atoms with E-state index >= 15 is 0 Å². The summed E-state index contributed by atoms with van der Waals surface area (Å²) in [5.41, 5.74) is 6.01. The van der Waals surface area contributed by atoms with Crippen molar-refractivity contribution in [3.8, 4) is 0 Å². The van der Waals surface area contributed by atoms with Crippen molar-refractivity contribution >= 4 is 27.3 Å². The SMILES string of the molecule is CCC1CN(S(=O)(=O)c2ccc(Cl)cc2N)CCN1C. The van der Waals surface area contributed by atoms with Gasteiger partial charge in [-0.25, -0.2) is 8.42 Å². The summed E-state index contributed by atoms with van der Waals surface area (Å²) >= 11 is 5.82. The monoisotopic (exact) mass is 317 g/mol. The third kappa shape index (κ3) is 2.93. The predicted molar refractivity (Wildman–Crippen MR) is 81.3 cm³/mol. The quantitative estimate of drug-likeness (QED) is 0.861. The van der Waals surface area contributed by atoms with Crippen LogP contribution in [0.3, 0.4) is 0 Å². The fourth-order valence-corrected chi connectivity index (χ4v) is 4.22. The largest absolute Gasteiger partial charge is 0.398 e. The van der Waals surface area contributed by atoms with Gasteiger partial charge in [0.2, 0.25) is 10.0 Å². The van der Waals surface area contributed by atoms with Crippen molar-refractivity contribution in [2.24, 2.45) is 0 Å². The van der Waals surface area contributed by atoms with E-state index in [4.69, 9.17) is 17.3 Å². The molecule has 0 radical (unpaired) electrons. The summed E-state index contributed by atoms with van der Waals surface area (Å²) in [7, 11) is -1.53. The van der Waals surface area contributed by atoms with E-state index in [-0.39, 0.29) is 16.6 Å². The fourth-order valence-electron chi connectivity index (χ4n) is 2.47. The third-order valence-electron chi connectivity index (χ3n) is 3.80. The molecule has 0 saturated carbocycles. The molecule has 1 saturated heterocycles. The van der Waals surface area contributed by atoms with Crippen molar-refractivity contribution in [3.63, 3.8) is 0 Å². The molecule has 5 nitrogen and oxygen atoms in total. The number of nitrogens with zero attached hydrogens (tertiary/aromatic N) is 2. The normalized spacial score (nSPS) is 22.1. The number of piperazine rings is 1. The maximum absolute atomic E-state index is 12.7. The lowest BCUT2D eigenvalue weighted by atomic mass is 10.1. The highest BCUT2D eigenvalue weighted by atomic mass is 35.5. The summed E-state index contributed by atoms with van der Waals surface area (Å²) < 4.78 is 26.9. The molecule has 1 aliphatic heterocycles. The molecular formula is C13H20ClN3O2S. The Kier molecular flexibility index (Phi) is 4.59. The fraction of sp³-hybridized carbons (Fsp3) is 0.538. The molecule has 0 spiro atoms. The van der Waals surface area contributed by atoms with Gasteiger partial charge in [-0.2, -0.15) is 4.31 Å². The molecule has 0 aliphatic carbocycles. The average Bonchev–Trinajstić information content (AvgIpc) is 2.38. The Hall–Kier alpha value is -0.820. The van der Waals surface area contributed by atoms with E-state index in [1.807, 2.05) is 7.05 Å². The molecular weight excluding hydrogens is 298 g/mol. The van der Waals surface area contributed by atoms with E-state index in [0.29, 0.717) is 18.1 Å². The average molecular weight is 318 g/mol. The van der Waals surface area contributed by atoms with Gasteiger partial charge in [0.1, 0.15) is 4.90 Å². The molecule has 7 heteroatoms. The first kappa shape index (κ1) is 15.6. The van der Waals surface area contributed by atoms with Crippen LogP contribution in [0.25, 0.3) is 0 Å². The molecule has 1 aliphatic rings. The van der Waals surface area contributed by atoms with Crippen molar-refractivity contribution in [1.82, 2.24) is 9.21 Å². The summed E-state index contributed by atoms with van der Waals surface area (Å²) in [6.07, 6.45) is 0.915. The topological polar surface area (TPSA) is 66.6 Å². The van der Waals surface area contributed by atoms with Gasteiger partial charge < -0.3 is 10.6 Å². The number of likely N-dealkylation sites (N-methyl/N-ethyl adjacent to an activating group) is 1. The minimum atomic E-state index is -3.55. The van der Waals surface area contributed by atoms with Gasteiger partial charge in [-0.15, -0.1) is 0 Å². The van der Waals surface area contributed by atoms with E-state index < -0.39 is 10.0 Å². The second-order valence-electron chi connectivity index (χ2n) is 5.09. The van der Waals surface area contributed by atoms with E-state index in [1.165, 1.54) is 16.4 Å². The van der Waals surface area contributed by atoms with E-state index in [9.17, 15) is 8.42 Å². The van der Waals surface area contributed by atoms with Gasteiger partial charge in [-0.05, 0) is 31.7 Å². The Morgan fingerprint density at radius 3 is 2.70 bits per heavy atom. The highest BCUT2D eigenvalue weighted by Gasteiger charge is 2.32. The van der Waals surface area contributed by atoms with Gasteiger partial charge >= 0.3 is 0 Å². The predicted octanol–water partition coefficient (Wildman–Crippen LogP) is 1.64. The number of benzene rings is 1. The first-order valence-corrected chi connectivity index (χ1v) is 8.43. The maximum atomic E-state index is 12.7. The molecule has 2 N–H and O–H groups in total. The van der Waals surface area contributed by atoms with Crippen LogP contribution >= 0.6 is 11.6 Å². The van der Waals surface area contributed by atoms with Crippen LogP contribution in [0, 0.1) is 0 Å². The first-order chi connectivity index (χ1) is 9.36. The van der Waals surface area contributed by atoms with Crippen molar-refractivity contribution in [1.29, 1.82) is 0 Å². The van der Waals surface area contributed by atoms with Crippen molar-refractivity contribution < 1.29 is 8.42 Å². The number of hydrogen-bond acceptors (Lipinski definition) is 4. The summed E-state index contributed by atoms with van der Waals surface area (Å²) in [5.74, 6) is 0. The molecule has 112 valence electrons. The number of halogens is 1. The van der Waals surface area contributed by atoms with Gasteiger partial charge in [-0.1, -0.05) is 18.5 Å². The number of nitrogens with two attached hydrogens (primary N) is 1. The first-order valence-electron chi connectivity index (χ1n) is 6.61. The van der Waals surface area contributed by atoms with Crippen LogP contribution < -0.4 is 5.73 Å². The van der Waals surface area contributed by atoms with Crippen molar-refractivity contribution in [2.75, 3.05) is 32.4 Å². The Bertz CT molecular complexity index is 591. The molecule has 0 aromatic heterocycles. The lowest BCUT2D eigenvalue weighted by Gasteiger charge is -2.38. The molecule has 1 unspecified atom stereocenters. The molecule has 1 aromatic rings. The van der Waals surface area contributed by atoms with E-state index in [0.717, 1.165) is 13.0 Å². The second kappa shape index (κ2) is 5.89. The molecule has 20 heavy (non-hydrogen) atoms. The molecule has 0 bridgehead atoms. The highest BCUT2D eigenvalue weighted by Crippen LogP contribution is 2.27. The van der Waals surface area contributed by atoms with E-state index in [1.54, 1.807) is 6.07 Å². The number of anilines is 1. The minimum absolute atomic E-state index is 0.140. The Morgan fingerprint density at radius 2 is 2.10 bits per heavy atom. The van der Waals surface area contributed by atoms with Crippen LogP contribution in [-0.4, -0.2) is 50.3 Å². The number of nitrogen functional groups attached to an aromatic ring is 1. The Labute approximate surface area is 125 Å². The minimum Gasteiger partial charge on any atom is -0.398 e. The third-order valence-corrected chi connectivity index (χ3v) is 5.97. The van der Waals surface area contributed by atoms with Crippen LogP contribution in [-0.2, 0) is 10.0 Å². The zero-order valence-electron chi connectivity index (χ0n) is 11.7. The number of sulfonamides is 1. The van der Waals surface area contributed by atoms with Crippen LogP contribution in [0.15, 0.2) is 23.1 Å². The molecule has 0 amide bonds. The zero-order chi connectivity index (χ0) is 14.9. The van der Waals surface area contributed by atoms with Gasteiger partial charge in [0.15, 0.2) is 0 Å². The number of hydrogen-bond donors (Lipinski definition) is 1. The summed E-state index contributed by atoms with van der Waals surface area (Å²) in [5, 5.41) is 0.436. The molecule has 1 aromatic carbocycles.